The second-order valence-electron chi connectivity index (χ2n) is 4.37. The Kier molecular flexibility index (Phi) is 3.04. The van der Waals surface area contributed by atoms with Crippen LogP contribution in [-0.2, 0) is 10.2 Å². The quantitative estimate of drug-likeness (QED) is 0.754. The summed E-state index contributed by atoms with van der Waals surface area (Å²) in [4.78, 5) is 18.7. The molecular weight excluding hydrogens is 194 g/mol. The normalized spacial score (nSPS) is 13.6. The fourth-order valence-corrected chi connectivity index (χ4v) is 1.05. The van der Waals surface area contributed by atoms with Crippen molar-refractivity contribution in [2.45, 2.75) is 32.2 Å². The minimum absolute atomic E-state index is 0.143. The maximum Gasteiger partial charge on any atom is 0.328 e. The molecule has 1 aromatic rings. The summed E-state index contributed by atoms with van der Waals surface area (Å²) >= 11 is 0. The van der Waals surface area contributed by atoms with Gasteiger partial charge < -0.3 is 10.8 Å². The third-order valence-electron chi connectivity index (χ3n) is 1.99. The second kappa shape index (κ2) is 3.94. The van der Waals surface area contributed by atoms with Gasteiger partial charge in [-0.1, -0.05) is 20.8 Å². The largest absolute Gasteiger partial charge is 0.480 e. The van der Waals surface area contributed by atoms with Crippen LogP contribution in [0.5, 0.6) is 0 Å². The number of rotatable bonds is 2. The topological polar surface area (TPSA) is 89.1 Å². The van der Waals surface area contributed by atoms with Crippen LogP contribution in [0.3, 0.4) is 0 Å². The Hall–Kier alpha value is -1.49. The zero-order chi connectivity index (χ0) is 11.6. The number of carboxylic acid groups (broad SMARTS) is 1. The third kappa shape index (κ3) is 2.73. The Morgan fingerprint density at radius 3 is 2.60 bits per heavy atom. The smallest absolute Gasteiger partial charge is 0.328 e. The Bertz CT molecular complexity index is 371. The van der Waals surface area contributed by atoms with Crippen LogP contribution in [0.15, 0.2) is 12.3 Å². The number of nitrogens with two attached hydrogens (primary N) is 1. The van der Waals surface area contributed by atoms with Gasteiger partial charge in [0.25, 0.3) is 0 Å². The minimum Gasteiger partial charge on any atom is -0.480 e. The second-order valence-corrected chi connectivity index (χ2v) is 4.37. The molecule has 3 N–H and O–H groups in total. The van der Waals surface area contributed by atoms with Gasteiger partial charge in [-0.05, 0) is 6.07 Å². The number of hydrogen-bond acceptors (Lipinski definition) is 4. The van der Waals surface area contributed by atoms with E-state index < -0.39 is 12.0 Å². The van der Waals surface area contributed by atoms with Crippen LogP contribution in [0.25, 0.3) is 0 Å². The van der Waals surface area contributed by atoms with Crippen LogP contribution < -0.4 is 5.73 Å². The van der Waals surface area contributed by atoms with E-state index in [1.807, 2.05) is 20.8 Å². The molecule has 0 fully saturated rings. The number of nitrogens with zero attached hydrogens (tertiary/aromatic N) is 2. The van der Waals surface area contributed by atoms with Gasteiger partial charge in [-0.2, -0.15) is 0 Å². The van der Waals surface area contributed by atoms with E-state index in [0.717, 1.165) is 5.69 Å². The molecule has 0 aliphatic rings. The molecule has 1 rings (SSSR count). The number of aliphatic carboxylic acids is 1. The molecule has 1 aromatic heterocycles. The van der Waals surface area contributed by atoms with Crippen molar-refractivity contribution >= 4 is 5.97 Å². The van der Waals surface area contributed by atoms with Gasteiger partial charge in [0.1, 0.15) is 0 Å². The number of aromatic nitrogens is 2. The highest BCUT2D eigenvalue weighted by Gasteiger charge is 2.21. The number of hydrogen-bond donors (Lipinski definition) is 2. The number of carboxylic acids is 1. The lowest BCUT2D eigenvalue weighted by atomic mass is 9.92. The molecule has 82 valence electrons. The van der Waals surface area contributed by atoms with Gasteiger partial charge in [-0.15, -0.1) is 0 Å². The van der Waals surface area contributed by atoms with E-state index in [0.29, 0.717) is 0 Å². The maximum atomic E-state index is 10.7. The molecule has 1 unspecified atom stereocenters. The summed E-state index contributed by atoms with van der Waals surface area (Å²) in [5.41, 5.74) is 6.06. The lowest BCUT2D eigenvalue weighted by Crippen LogP contribution is -2.25. The fourth-order valence-electron chi connectivity index (χ4n) is 1.05. The highest BCUT2D eigenvalue weighted by molar-refractivity contribution is 5.73. The monoisotopic (exact) mass is 209 g/mol. The molecule has 0 aromatic carbocycles. The summed E-state index contributed by atoms with van der Waals surface area (Å²) in [6.45, 7) is 5.97. The summed E-state index contributed by atoms with van der Waals surface area (Å²) in [6.07, 6.45) is 1.53. The molecule has 0 saturated carbocycles. The van der Waals surface area contributed by atoms with Crippen LogP contribution in [0.4, 0.5) is 0 Å². The Morgan fingerprint density at radius 2 is 2.13 bits per heavy atom. The Labute approximate surface area is 88.4 Å². The van der Waals surface area contributed by atoms with Crippen LogP contribution in [0.2, 0.25) is 0 Å². The van der Waals surface area contributed by atoms with Crippen molar-refractivity contribution in [1.29, 1.82) is 0 Å². The van der Waals surface area contributed by atoms with E-state index in [2.05, 4.69) is 9.97 Å². The molecule has 5 heteroatoms. The molecule has 0 aliphatic heterocycles. The van der Waals surface area contributed by atoms with Gasteiger partial charge in [-0.3, -0.25) is 4.79 Å². The minimum atomic E-state index is -1.16. The number of carbonyl (C=O) groups is 1. The first kappa shape index (κ1) is 11.6. The van der Waals surface area contributed by atoms with Crippen molar-refractivity contribution in [2.75, 3.05) is 0 Å². The zero-order valence-corrected chi connectivity index (χ0v) is 9.06. The SMILES string of the molecule is CC(C)(C)c1ccnc(C(N)C(=O)O)n1. The molecule has 0 bridgehead atoms. The molecule has 0 spiro atoms. The molecule has 5 nitrogen and oxygen atoms in total. The molecule has 1 heterocycles. The van der Waals surface area contributed by atoms with Gasteiger partial charge in [0, 0.05) is 17.3 Å². The summed E-state index contributed by atoms with van der Waals surface area (Å²) < 4.78 is 0. The zero-order valence-electron chi connectivity index (χ0n) is 9.06. The van der Waals surface area contributed by atoms with Crippen molar-refractivity contribution < 1.29 is 9.90 Å². The summed E-state index contributed by atoms with van der Waals surface area (Å²) in [5, 5.41) is 8.72. The van der Waals surface area contributed by atoms with E-state index in [4.69, 9.17) is 10.8 Å². The van der Waals surface area contributed by atoms with Crippen molar-refractivity contribution in [3.63, 3.8) is 0 Å². The van der Waals surface area contributed by atoms with Gasteiger partial charge >= 0.3 is 5.97 Å². The van der Waals surface area contributed by atoms with Gasteiger partial charge in [0.2, 0.25) is 0 Å². The van der Waals surface area contributed by atoms with Crippen molar-refractivity contribution in [2.24, 2.45) is 5.73 Å². The highest BCUT2D eigenvalue weighted by Crippen LogP contribution is 2.20. The van der Waals surface area contributed by atoms with Gasteiger partial charge in [0.15, 0.2) is 11.9 Å². The van der Waals surface area contributed by atoms with E-state index >= 15 is 0 Å². The summed E-state index contributed by atoms with van der Waals surface area (Å²) in [7, 11) is 0. The lowest BCUT2D eigenvalue weighted by Gasteiger charge is -2.18. The average Bonchev–Trinajstić information content (AvgIpc) is 2.15. The van der Waals surface area contributed by atoms with Crippen LogP contribution in [-0.4, -0.2) is 21.0 Å². The third-order valence-corrected chi connectivity index (χ3v) is 1.99. The van der Waals surface area contributed by atoms with E-state index in [-0.39, 0.29) is 11.2 Å². The van der Waals surface area contributed by atoms with E-state index in [9.17, 15) is 4.79 Å². The molecular formula is C10H15N3O2. The average molecular weight is 209 g/mol. The van der Waals surface area contributed by atoms with Crippen molar-refractivity contribution in [1.82, 2.24) is 9.97 Å². The lowest BCUT2D eigenvalue weighted by molar-refractivity contribution is -0.138. The first-order valence-corrected chi connectivity index (χ1v) is 4.64. The standard InChI is InChI=1S/C10H15N3O2/c1-10(2,3)6-4-5-12-8(13-6)7(11)9(14)15/h4-5,7H,11H2,1-3H3,(H,14,15). The van der Waals surface area contributed by atoms with Crippen LogP contribution >= 0.6 is 0 Å². The predicted molar refractivity (Wildman–Crippen MR) is 55.3 cm³/mol. The predicted octanol–water partition coefficient (Wildman–Crippen LogP) is 0.858. The van der Waals surface area contributed by atoms with Crippen LogP contribution in [0, 0.1) is 0 Å². The van der Waals surface area contributed by atoms with E-state index in [1.54, 1.807) is 6.07 Å². The van der Waals surface area contributed by atoms with Crippen molar-refractivity contribution in [3.05, 3.63) is 23.8 Å². The molecule has 15 heavy (non-hydrogen) atoms. The van der Waals surface area contributed by atoms with E-state index in [1.165, 1.54) is 6.20 Å². The Balaban J connectivity index is 3.08. The molecule has 0 radical (unpaired) electrons. The van der Waals surface area contributed by atoms with Gasteiger partial charge in [-0.25, -0.2) is 9.97 Å². The highest BCUT2D eigenvalue weighted by atomic mass is 16.4. The molecule has 1 atom stereocenters. The first-order valence-electron chi connectivity index (χ1n) is 4.64. The van der Waals surface area contributed by atoms with Crippen LogP contribution in [0.1, 0.15) is 38.3 Å². The molecule has 0 amide bonds. The van der Waals surface area contributed by atoms with Crippen molar-refractivity contribution in [3.8, 4) is 0 Å². The summed E-state index contributed by atoms with van der Waals surface area (Å²) in [6, 6.07) is 0.602. The maximum absolute atomic E-state index is 10.7. The Morgan fingerprint density at radius 1 is 1.53 bits per heavy atom. The fraction of sp³-hybridized carbons (Fsp3) is 0.500. The van der Waals surface area contributed by atoms with Gasteiger partial charge in [0.05, 0.1) is 0 Å². The molecule has 0 saturated heterocycles. The molecule has 0 aliphatic carbocycles. The summed E-state index contributed by atoms with van der Waals surface area (Å²) in [5.74, 6) is -0.976. The first-order chi connectivity index (χ1) is 6.82.